The summed E-state index contributed by atoms with van der Waals surface area (Å²) in [6.45, 7) is 2.94. The molecule has 0 bridgehead atoms. The Hall–Kier alpha value is -1.13. The van der Waals surface area contributed by atoms with Gasteiger partial charge in [-0.05, 0) is 63.8 Å². The molecule has 3 nitrogen and oxygen atoms in total. The van der Waals surface area contributed by atoms with E-state index >= 15 is 0 Å². The van der Waals surface area contributed by atoms with Crippen LogP contribution in [0.1, 0.15) is 18.4 Å². The number of rotatable bonds is 4. The summed E-state index contributed by atoms with van der Waals surface area (Å²) in [5.41, 5.74) is 1.98. The van der Waals surface area contributed by atoms with Crippen molar-refractivity contribution in [3.63, 3.8) is 0 Å². The van der Waals surface area contributed by atoms with Gasteiger partial charge >= 0.3 is 0 Å². The van der Waals surface area contributed by atoms with Crippen LogP contribution < -0.4 is 10.2 Å². The van der Waals surface area contributed by atoms with E-state index in [2.05, 4.69) is 35.3 Å². The molecule has 0 radical (unpaired) electrons. The molecule has 1 aliphatic rings. The summed E-state index contributed by atoms with van der Waals surface area (Å²) in [4.78, 5) is 4.58. The molecule has 19 heavy (non-hydrogen) atoms. The van der Waals surface area contributed by atoms with Crippen LogP contribution in [-0.2, 0) is 6.54 Å². The Bertz CT molecular complexity index is 414. The molecule has 1 N–H and O–H groups in total. The van der Waals surface area contributed by atoms with E-state index in [1.807, 2.05) is 7.05 Å². The first-order valence-corrected chi connectivity index (χ1v) is 6.95. The third-order valence-corrected chi connectivity index (χ3v) is 3.97. The number of halogens is 1. The molecule has 0 spiro atoms. The van der Waals surface area contributed by atoms with E-state index in [0.29, 0.717) is 12.6 Å². The van der Waals surface area contributed by atoms with Gasteiger partial charge in [-0.3, -0.25) is 0 Å². The Labute approximate surface area is 115 Å². The minimum atomic E-state index is -0.150. The first kappa shape index (κ1) is 14.3. The maximum absolute atomic E-state index is 13.7. The zero-order valence-electron chi connectivity index (χ0n) is 12.1. The highest BCUT2D eigenvalue weighted by Gasteiger charge is 2.21. The zero-order chi connectivity index (χ0) is 13.8. The highest BCUT2D eigenvalue weighted by atomic mass is 19.1. The molecule has 0 amide bonds. The van der Waals surface area contributed by atoms with Crippen LogP contribution in [0.25, 0.3) is 0 Å². The predicted molar refractivity (Wildman–Crippen MR) is 78.1 cm³/mol. The van der Waals surface area contributed by atoms with E-state index in [-0.39, 0.29) is 5.82 Å². The fraction of sp³-hybridized carbons (Fsp3) is 0.600. The number of hydrogen-bond acceptors (Lipinski definition) is 3. The second kappa shape index (κ2) is 6.35. The van der Waals surface area contributed by atoms with E-state index in [4.69, 9.17) is 0 Å². The number of nitrogens with one attached hydrogen (secondary N) is 1. The van der Waals surface area contributed by atoms with Crippen molar-refractivity contribution in [1.82, 2.24) is 10.2 Å². The molecular weight excluding hydrogens is 241 g/mol. The third-order valence-electron chi connectivity index (χ3n) is 3.97. The molecule has 0 atom stereocenters. The fourth-order valence-electron chi connectivity index (χ4n) is 2.74. The van der Waals surface area contributed by atoms with Crippen LogP contribution >= 0.6 is 0 Å². The largest absolute Gasteiger partial charge is 0.371 e. The van der Waals surface area contributed by atoms with Crippen LogP contribution in [0.2, 0.25) is 0 Å². The van der Waals surface area contributed by atoms with Gasteiger partial charge in [-0.25, -0.2) is 4.39 Å². The average molecular weight is 265 g/mol. The molecule has 4 heteroatoms. The molecule has 0 saturated carbocycles. The normalized spacial score (nSPS) is 17.7. The van der Waals surface area contributed by atoms with Crippen molar-refractivity contribution in [3.8, 4) is 0 Å². The molecule has 1 heterocycles. The zero-order valence-corrected chi connectivity index (χ0v) is 12.1. The first-order valence-electron chi connectivity index (χ1n) is 6.95. The third kappa shape index (κ3) is 3.67. The lowest BCUT2D eigenvalue weighted by molar-refractivity contribution is 0.253. The quantitative estimate of drug-likeness (QED) is 0.899. The van der Waals surface area contributed by atoms with Gasteiger partial charge in [0.15, 0.2) is 0 Å². The van der Waals surface area contributed by atoms with Gasteiger partial charge in [0.25, 0.3) is 0 Å². The van der Waals surface area contributed by atoms with E-state index in [9.17, 15) is 4.39 Å². The molecule has 0 unspecified atom stereocenters. The van der Waals surface area contributed by atoms with Crippen molar-refractivity contribution in [2.45, 2.75) is 25.4 Å². The van der Waals surface area contributed by atoms with Gasteiger partial charge < -0.3 is 15.1 Å². The molecule has 106 valence electrons. The summed E-state index contributed by atoms with van der Waals surface area (Å²) in [5, 5.41) is 3.07. The molecule has 1 fully saturated rings. The second-order valence-corrected chi connectivity index (χ2v) is 5.49. The molecule has 1 aromatic carbocycles. The van der Waals surface area contributed by atoms with E-state index < -0.39 is 0 Å². The van der Waals surface area contributed by atoms with Crippen molar-refractivity contribution in [2.24, 2.45) is 0 Å². The average Bonchev–Trinajstić information content (AvgIpc) is 2.38. The monoisotopic (exact) mass is 265 g/mol. The molecule has 1 aromatic rings. The van der Waals surface area contributed by atoms with Crippen LogP contribution in [0.4, 0.5) is 10.1 Å². The summed E-state index contributed by atoms with van der Waals surface area (Å²) < 4.78 is 13.7. The lowest BCUT2D eigenvalue weighted by Gasteiger charge is -2.36. The Balaban J connectivity index is 2.11. The minimum absolute atomic E-state index is 0.150. The van der Waals surface area contributed by atoms with E-state index in [0.717, 1.165) is 37.2 Å². The molecular formula is C15H24FN3. The van der Waals surface area contributed by atoms with Gasteiger partial charge in [0.2, 0.25) is 0 Å². The minimum Gasteiger partial charge on any atom is -0.371 e. The summed E-state index contributed by atoms with van der Waals surface area (Å²) in [6, 6.07) is 5.83. The Kier molecular flexibility index (Phi) is 4.77. The van der Waals surface area contributed by atoms with Crippen molar-refractivity contribution < 1.29 is 4.39 Å². The van der Waals surface area contributed by atoms with Gasteiger partial charge in [-0.2, -0.15) is 0 Å². The Morgan fingerprint density at radius 1 is 1.32 bits per heavy atom. The lowest BCUT2D eigenvalue weighted by atomic mass is 10.0. The summed E-state index contributed by atoms with van der Waals surface area (Å²) in [6.07, 6.45) is 2.29. The van der Waals surface area contributed by atoms with Gasteiger partial charge in [0.05, 0.1) is 0 Å². The summed E-state index contributed by atoms with van der Waals surface area (Å²) >= 11 is 0. The second-order valence-electron chi connectivity index (χ2n) is 5.49. The van der Waals surface area contributed by atoms with Gasteiger partial charge in [0.1, 0.15) is 5.82 Å². The lowest BCUT2D eigenvalue weighted by Crippen LogP contribution is -2.42. The topological polar surface area (TPSA) is 18.5 Å². The van der Waals surface area contributed by atoms with Crippen LogP contribution in [0.15, 0.2) is 18.2 Å². The predicted octanol–water partition coefficient (Wildman–Crippen LogP) is 2.08. The SMILES string of the molecule is CNCc1cc(F)cc(N(C)C2CCN(C)CC2)c1. The van der Waals surface area contributed by atoms with Gasteiger partial charge in [0, 0.05) is 25.3 Å². The van der Waals surface area contributed by atoms with Crippen LogP contribution in [0, 0.1) is 5.82 Å². The number of benzene rings is 1. The van der Waals surface area contributed by atoms with Crippen LogP contribution in [0.5, 0.6) is 0 Å². The van der Waals surface area contributed by atoms with E-state index in [1.165, 1.54) is 0 Å². The Morgan fingerprint density at radius 2 is 2.00 bits per heavy atom. The van der Waals surface area contributed by atoms with Gasteiger partial charge in [-0.15, -0.1) is 0 Å². The smallest absolute Gasteiger partial charge is 0.125 e. The molecule has 0 aromatic heterocycles. The Morgan fingerprint density at radius 3 is 2.63 bits per heavy atom. The highest BCUT2D eigenvalue weighted by molar-refractivity contribution is 5.49. The van der Waals surface area contributed by atoms with Crippen LogP contribution in [-0.4, -0.2) is 45.2 Å². The summed E-state index contributed by atoms with van der Waals surface area (Å²) in [7, 11) is 6.11. The standard InChI is InChI=1S/C15H24FN3/c1-17-11-12-8-13(16)10-15(9-12)19(3)14-4-6-18(2)7-5-14/h8-10,14,17H,4-7,11H2,1-3H3. The van der Waals surface area contributed by atoms with Crippen LogP contribution in [0.3, 0.4) is 0 Å². The summed E-state index contributed by atoms with van der Waals surface area (Å²) in [5.74, 6) is -0.150. The fourth-order valence-corrected chi connectivity index (χ4v) is 2.74. The van der Waals surface area contributed by atoms with Crippen molar-refractivity contribution in [3.05, 3.63) is 29.6 Å². The molecule has 0 aliphatic carbocycles. The molecule has 2 rings (SSSR count). The first-order chi connectivity index (χ1) is 9.10. The number of piperidine rings is 1. The van der Waals surface area contributed by atoms with E-state index in [1.54, 1.807) is 12.1 Å². The maximum atomic E-state index is 13.7. The molecule has 1 saturated heterocycles. The number of anilines is 1. The highest BCUT2D eigenvalue weighted by Crippen LogP contribution is 2.23. The maximum Gasteiger partial charge on any atom is 0.125 e. The van der Waals surface area contributed by atoms with Crippen molar-refractivity contribution >= 4 is 5.69 Å². The number of nitrogens with zero attached hydrogens (tertiary/aromatic N) is 2. The number of likely N-dealkylation sites (tertiary alicyclic amines) is 1. The van der Waals surface area contributed by atoms with Gasteiger partial charge in [-0.1, -0.05) is 0 Å². The number of hydrogen-bond donors (Lipinski definition) is 1. The van der Waals surface area contributed by atoms with Crippen molar-refractivity contribution in [1.29, 1.82) is 0 Å². The van der Waals surface area contributed by atoms with Crippen molar-refractivity contribution in [2.75, 3.05) is 39.1 Å². The molecule has 1 aliphatic heterocycles.